The van der Waals surface area contributed by atoms with Crippen molar-refractivity contribution in [3.8, 4) is 0 Å². The number of carbonyl (C=O) groups excluding carboxylic acids is 1. The Balaban J connectivity index is 1.57. The first-order valence-corrected chi connectivity index (χ1v) is 10.8. The molecular weight excluding hydrogens is 358 g/mol. The Morgan fingerprint density at radius 1 is 0.966 bits per heavy atom. The molecule has 2 aliphatic heterocycles. The highest BCUT2D eigenvalue weighted by Crippen LogP contribution is 2.36. The Hall–Kier alpha value is -2.72. The molecule has 1 aromatic heterocycles. The third-order valence-corrected chi connectivity index (χ3v) is 6.56. The SMILES string of the molecule is O=C(c1cccc2cccnc12)N1CCCC[C@H]2NCC[C@H](c3ccccc3)[C@H]21. The van der Waals surface area contributed by atoms with Gasteiger partial charge in [-0.1, -0.05) is 55.0 Å². The number of aromatic nitrogens is 1. The highest BCUT2D eigenvalue weighted by atomic mass is 16.2. The van der Waals surface area contributed by atoms with Crippen molar-refractivity contribution in [2.75, 3.05) is 13.1 Å². The molecule has 2 saturated heterocycles. The molecule has 0 unspecified atom stereocenters. The lowest BCUT2D eigenvalue weighted by Gasteiger charge is -2.44. The first kappa shape index (κ1) is 18.3. The van der Waals surface area contributed by atoms with Crippen LogP contribution in [-0.4, -0.2) is 41.0 Å². The van der Waals surface area contributed by atoms with Crippen molar-refractivity contribution in [1.82, 2.24) is 15.2 Å². The maximum atomic E-state index is 13.9. The number of amides is 1. The van der Waals surface area contributed by atoms with Crippen LogP contribution in [-0.2, 0) is 0 Å². The van der Waals surface area contributed by atoms with Gasteiger partial charge in [0.15, 0.2) is 0 Å². The quantitative estimate of drug-likeness (QED) is 0.712. The van der Waals surface area contributed by atoms with Crippen molar-refractivity contribution in [2.45, 2.75) is 43.7 Å². The van der Waals surface area contributed by atoms with Crippen LogP contribution in [0.3, 0.4) is 0 Å². The molecule has 4 heteroatoms. The topological polar surface area (TPSA) is 45.2 Å². The van der Waals surface area contributed by atoms with Gasteiger partial charge in [-0.05, 0) is 43.5 Å². The number of nitrogens with one attached hydrogen (secondary N) is 1. The maximum absolute atomic E-state index is 13.9. The highest BCUT2D eigenvalue weighted by Gasteiger charge is 2.41. The van der Waals surface area contributed by atoms with Crippen LogP contribution in [0, 0.1) is 0 Å². The summed E-state index contributed by atoms with van der Waals surface area (Å²) in [5.74, 6) is 0.489. The standard InChI is InChI=1S/C25H27N3O/c29-25(21-12-6-10-19-11-7-15-27-23(19)21)28-17-5-4-13-22-24(28)20(14-16-26-22)18-8-2-1-3-9-18/h1-3,6-12,15,20,22,24,26H,4-5,13-14,16-17H2/t20-,22-,24-/m1/s1. The van der Waals surface area contributed by atoms with Crippen molar-refractivity contribution in [3.63, 3.8) is 0 Å². The van der Waals surface area contributed by atoms with Gasteiger partial charge in [-0.15, -0.1) is 0 Å². The van der Waals surface area contributed by atoms with Crippen LogP contribution < -0.4 is 5.32 Å². The van der Waals surface area contributed by atoms with Crippen LogP contribution in [0.15, 0.2) is 66.9 Å². The Kier molecular flexibility index (Phi) is 5.03. The van der Waals surface area contributed by atoms with E-state index in [4.69, 9.17) is 0 Å². The summed E-state index contributed by atoms with van der Waals surface area (Å²) < 4.78 is 0. The van der Waals surface area contributed by atoms with Crippen molar-refractivity contribution < 1.29 is 4.79 Å². The van der Waals surface area contributed by atoms with Gasteiger partial charge in [-0.25, -0.2) is 0 Å². The molecule has 4 nitrogen and oxygen atoms in total. The second-order valence-electron chi connectivity index (χ2n) is 8.23. The molecule has 1 N–H and O–H groups in total. The molecule has 0 saturated carbocycles. The molecule has 0 radical (unpaired) electrons. The maximum Gasteiger partial charge on any atom is 0.256 e. The second kappa shape index (κ2) is 7.96. The Morgan fingerprint density at radius 2 is 1.83 bits per heavy atom. The lowest BCUT2D eigenvalue weighted by atomic mass is 9.80. The summed E-state index contributed by atoms with van der Waals surface area (Å²) >= 11 is 0. The molecule has 5 rings (SSSR count). The normalized spacial score (nSPS) is 24.7. The summed E-state index contributed by atoms with van der Waals surface area (Å²) in [4.78, 5) is 20.6. The molecule has 2 aliphatic rings. The second-order valence-corrected chi connectivity index (χ2v) is 8.23. The minimum Gasteiger partial charge on any atom is -0.333 e. The Bertz CT molecular complexity index is 998. The zero-order valence-electron chi connectivity index (χ0n) is 16.6. The average Bonchev–Trinajstić information content (AvgIpc) is 3.01. The third kappa shape index (κ3) is 3.42. The number of benzene rings is 2. The highest BCUT2D eigenvalue weighted by molar-refractivity contribution is 6.05. The number of fused-ring (bicyclic) bond motifs is 2. The lowest BCUT2D eigenvalue weighted by molar-refractivity contribution is 0.0577. The van der Waals surface area contributed by atoms with Gasteiger partial charge in [-0.2, -0.15) is 0 Å². The molecule has 0 spiro atoms. The van der Waals surface area contributed by atoms with Gasteiger partial charge in [0.1, 0.15) is 0 Å². The van der Waals surface area contributed by atoms with Gasteiger partial charge < -0.3 is 10.2 Å². The summed E-state index contributed by atoms with van der Waals surface area (Å²) in [5.41, 5.74) is 2.88. The van der Waals surface area contributed by atoms with Crippen LogP contribution in [0.5, 0.6) is 0 Å². The first-order chi connectivity index (χ1) is 14.3. The Labute approximate surface area is 171 Å². The smallest absolute Gasteiger partial charge is 0.256 e. The van der Waals surface area contributed by atoms with Gasteiger partial charge in [-0.3, -0.25) is 9.78 Å². The van der Waals surface area contributed by atoms with Crippen molar-refractivity contribution in [1.29, 1.82) is 0 Å². The number of likely N-dealkylation sites (tertiary alicyclic amines) is 1. The summed E-state index contributed by atoms with van der Waals surface area (Å²) in [6.45, 7) is 1.83. The van der Waals surface area contributed by atoms with E-state index in [-0.39, 0.29) is 11.9 Å². The molecule has 3 heterocycles. The monoisotopic (exact) mass is 385 g/mol. The third-order valence-electron chi connectivity index (χ3n) is 6.56. The van der Waals surface area contributed by atoms with Crippen molar-refractivity contribution in [3.05, 3.63) is 78.0 Å². The van der Waals surface area contributed by atoms with Gasteiger partial charge in [0, 0.05) is 30.1 Å². The number of hydrogen-bond donors (Lipinski definition) is 1. The van der Waals surface area contributed by atoms with E-state index < -0.39 is 0 Å². The summed E-state index contributed by atoms with van der Waals surface area (Å²) in [5, 5.41) is 4.74. The molecule has 0 bridgehead atoms. The number of hydrogen-bond acceptors (Lipinski definition) is 3. The van der Waals surface area contributed by atoms with E-state index in [2.05, 4.69) is 45.5 Å². The molecule has 3 atom stereocenters. The number of pyridine rings is 1. The predicted octanol–water partition coefficient (Wildman–Crippen LogP) is 4.38. The molecule has 2 fully saturated rings. The molecular formula is C25H27N3O. The van der Waals surface area contributed by atoms with Crippen LogP contribution in [0.4, 0.5) is 0 Å². The van der Waals surface area contributed by atoms with E-state index in [9.17, 15) is 4.79 Å². The van der Waals surface area contributed by atoms with Crippen molar-refractivity contribution >= 4 is 16.8 Å². The fourth-order valence-electron chi connectivity index (χ4n) is 5.23. The van der Waals surface area contributed by atoms with Crippen LogP contribution in [0.25, 0.3) is 10.9 Å². The number of nitrogens with zero attached hydrogens (tertiary/aromatic N) is 2. The van der Waals surface area contributed by atoms with Gasteiger partial charge in [0.2, 0.25) is 0 Å². The lowest BCUT2D eigenvalue weighted by Crippen LogP contribution is -2.57. The van der Waals surface area contributed by atoms with E-state index in [1.165, 1.54) is 5.56 Å². The van der Waals surface area contributed by atoms with Crippen LogP contribution in [0.2, 0.25) is 0 Å². The van der Waals surface area contributed by atoms with E-state index in [1.54, 1.807) is 6.20 Å². The molecule has 3 aromatic rings. The zero-order chi connectivity index (χ0) is 19.6. The fourth-order valence-corrected chi connectivity index (χ4v) is 5.23. The van der Waals surface area contributed by atoms with Gasteiger partial charge in [0.25, 0.3) is 5.91 Å². The summed E-state index contributed by atoms with van der Waals surface area (Å²) in [6.07, 6.45) is 6.18. The summed E-state index contributed by atoms with van der Waals surface area (Å²) in [7, 11) is 0. The molecule has 2 aromatic carbocycles. The van der Waals surface area contributed by atoms with Gasteiger partial charge >= 0.3 is 0 Å². The van der Waals surface area contributed by atoms with E-state index in [0.717, 1.165) is 55.2 Å². The van der Waals surface area contributed by atoms with Crippen LogP contribution in [0.1, 0.15) is 47.5 Å². The van der Waals surface area contributed by atoms with E-state index >= 15 is 0 Å². The minimum absolute atomic E-state index is 0.121. The van der Waals surface area contributed by atoms with Crippen LogP contribution >= 0.6 is 0 Å². The average molecular weight is 386 g/mol. The zero-order valence-corrected chi connectivity index (χ0v) is 16.6. The van der Waals surface area contributed by atoms with Crippen molar-refractivity contribution in [2.24, 2.45) is 0 Å². The van der Waals surface area contributed by atoms with Gasteiger partial charge in [0.05, 0.1) is 17.1 Å². The number of para-hydroxylation sites is 1. The summed E-state index contributed by atoms with van der Waals surface area (Å²) in [6, 6.07) is 21.2. The number of piperidine rings is 1. The number of carbonyl (C=O) groups is 1. The molecule has 1 amide bonds. The first-order valence-electron chi connectivity index (χ1n) is 10.8. The van der Waals surface area contributed by atoms with E-state index in [0.29, 0.717) is 12.0 Å². The predicted molar refractivity (Wildman–Crippen MR) is 116 cm³/mol. The Morgan fingerprint density at radius 3 is 2.72 bits per heavy atom. The number of rotatable bonds is 2. The van der Waals surface area contributed by atoms with E-state index in [1.807, 2.05) is 30.3 Å². The molecule has 29 heavy (non-hydrogen) atoms. The largest absolute Gasteiger partial charge is 0.333 e. The molecule has 148 valence electrons. The molecule has 0 aliphatic carbocycles. The minimum atomic E-state index is 0.121. The fraction of sp³-hybridized carbons (Fsp3) is 0.360.